The molecule has 0 fully saturated rings. The smallest absolute Gasteiger partial charge is 0.328 e. The van der Waals surface area contributed by atoms with Gasteiger partial charge < -0.3 is 30.0 Å². The predicted molar refractivity (Wildman–Crippen MR) is 133 cm³/mol. The Morgan fingerprint density at radius 2 is 1.86 bits per heavy atom. The molecule has 0 aliphatic carbocycles. The molecule has 2 rings (SSSR count). The Bertz CT molecular complexity index is 995. The predicted octanol–water partition coefficient (Wildman–Crippen LogP) is 1.84. The zero-order valence-electron chi connectivity index (χ0n) is 21.4. The third-order valence-corrected chi connectivity index (χ3v) is 5.62. The minimum absolute atomic E-state index is 0.00233. The van der Waals surface area contributed by atoms with Crippen LogP contribution in [0.2, 0.25) is 0 Å². The Hall–Kier alpha value is -3.24. The summed E-state index contributed by atoms with van der Waals surface area (Å²) in [5.74, 6) is -1.70. The molecule has 4 N–H and O–H groups in total. The highest BCUT2D eigenvalue weighted by Gasteiger charge is 2.28. The van der Waals surface area contributed by atoms with Crippen LogP contribution in [0.5, 0.6) is 0 Å². The lowest BCUT2D eigenvalue weighted by atomic mass is 9.94. The number of rotatable bonds is 1. The summed E-state index contributed by atoms with van der Waals surface area (Å²) in [7, 11) is 0. The number of nitrogens with one attached hydrogen (secondary N) is 2. The molecule has 10 heteroatoms. The van der Waals surface area contributed by atoms with Crippen molar-refractivity contribution in [3.8, 4) is 0 Å². The molecule has 5 unspecified atom stereocenters. The van der Waals surface area contributed by atoms with Gasteiger partial charge in [0.2, 0.25) is 5.91 Å². The molecule has 0 saturated heterocycles. The van der Waals surface area contributed by atoms with Crippen LogP contribution in [0.15, 0.2) is 46.6 Å². The van der Waals surface area contributed by atoms with E-state index < -0.39 is 36.2 Å². The van der Waals surface area contributed by atoms with Crippen molar-refractivity contribution in [1.29, 1.82) is 0 Å². The number of oxazole rings is 1. The summed E-state index contributed by atoms with van der Waals surface area (Å²) in [6.07, 6.45) is 6.98. The van der Waals surface area contributed by atoms with E-state index in [0.29, 0.717) is 0 Å². The van der Waals surface area contributed by atoms with Crippen LogP contribution in [-0.2, 0) is 20.7 Å². The van der Waals surface area contributed by atoms with E-state index in [9.17, 15) is 24.6 Å². The van der Waals surface area contributed by atoms with Gasteiger partial charge in [0, 0.05) is 18.9 Å². The van der Waals surface area contributed by atoms with Crippen LogP contribution >= 0.6 is 0 Å². The van der Waals surface area contributed by atoms with Gasteiger partial charge in [-0.15, -0.1) is 0 Å². The summed E-state index contributed by atoms with van der Waals surface area (Å²) < 4.78 is 10.9. The Balaban J connectivity index is 2.24. The molecule has 5 atom stereocenters. The van der Waals surface area contributed by atoms with Crippen LogP contribution in [0.3, 0.4) is 0 Å². The molecular weight excluding hydrogens is 466 g/mol. The first-order valence-corrected chi connectivity index (χ1v) is 12.1. The van der Waals surface area contributed by atoms with Crippen LogP contribution in [-0.4, -0.2) is 63.9 Å². The number of nitrogens with zero attached hydrogens (tertiary/aromatic N) is 1. The SMILES string of the molecule is CC1=C\C(O)CC(O)Cc2nc(co2)C(=O)NC(C)C(=O)OC(C(C)C)C(C)/C=C\C(=O)NC\C=C\1. The molecule has 36 heavy (non-hydrogen) atoms. The Labute approximate surface area is 211 Å². The van der Waals surface area contributed by atoms with Crippen LogP contribution in [0.1, 0.15) is 57.4 Å². The minimum Gasteiger partial charge on any atom is -0.460 e. The number of carbonyl (C=O) groups is 3. The number of carbonyl (C=O) groups excluding carboxylic acids is 3. The van der Waals surface area contributed by atoms with Crippen LogP contribution in [0.4, 0.5) is 0 Å². The Morgan fingerprint density at radius 3 is 2.56 bits per heavy atom. The standard InChI is InChI=1S/C26H37N3O7/c1-15(2)24-17(4)8-9-22(32)27-10-6-7-16(3)11-19(30)12-20(31)13-23-29-21(14-35-23)25(33)28-18(5)26(34)36-24/h6-9,11,14-15,17-20,24,30-31H,10,12-13H2,1-5H3,(H,27,32)(H,28,33)/b7-6+,9-8-,16-11+. The quantitative estimate of drug-likeness (QED) is 0.424. The van der Waals surface area contributed by atoms with Gasteiger partial charge in [0.1, 0.15) is 18.4 Å². The molecule has 2 bridgehead atoms. The lowest BCUT2D eigenvalue weighted by Crippen LogP contribution is -2.42. The molecule has 10 nitrogen and oxygen atoms in total. The maximum Gasteiger partial charge on any atom is 0.328 e. The van der Waals surface area contributed by atoms with Crippen molar-refractivity contribution in [1.82, 2.24) is 15.6 Å². The van der Waals surface area contributed by atoms with Crippen LogP contribution < -0.4 is 10.6 Å². The summed E-state index contributed by atoms with van der Waals surface area (Å²) in [4.78, 5) is 41.5. The fourth-order valence-electron chi connectivity index (χ4n) is 3.73. The van der Waals surface area contributed by atoms with Gasteiger partial charge in [-0.3, -0.25) is 9.59 Å². The van der Waals surface area contributed by atoms with Gasteiger partial charge >= 0.3 is 5.97 Å². The van der Waals surface area contributed by atoms with Crippen molar-refractivity contribution in [2.24, 2.45) is 11.8 Å². The summed E-state index contributed by atoms with van der Waals surface area (Å²) in [5.41, 5.74) is 0.719. The minimum atomic E-state index is -0.959. The van der Waals surface area contributed by atoms with E-state index in [0.717, 1.165) is 11.8 Å². The normalized spacial score (nSPS) is 30.9. The highest BCUT2D eigenvalue weighted by Crippen LogP contribution is 2.19. The van der Waals surface area contributed by atoms with Gasteiger partial charge in [-0.05, 0) is 25.8 Å². The number of hydrogen-bond acceptors (Lipinski definition) is 8. The van der Waals surface area contributed by atoms with E-state index in [-0.39, 0.29) is 48.7 Å². The third-order valence-electron chi connectivity index (χ3n) is 5.62. The number of hydrogen-bond donors (Lipinski definition) is 4. The van der Waals surface area contributed by atoms with E-state index in [1.54, 1.807) is 31.2 Å². The van der Waals surface area contributed by atoms with Crippen LogP contribution in [0, 0.1) is 11.8 Å². The molecule has 0 spiro atoms. The Kier molecular flexibility index (Phi) is 11.1. The summed E-state index contributed by atoms with van der Waals surface area (Å²) in [5, 5.41) is 25.8. The zero-order valence-corrected chi connectivity index (χ0v) is 21.4. The highest BCUT2D eigenvalue weighted by molar-refractivity contribution is 5.94. The number of esters is 1. The Morgan fingerprint density at radius 1 is 1.14 bits per heavy atom. The second kappa shape index (κ2) is 13.7. The maximum absolute atomic E-state index is 12.7. The summed E-state index contributed by atoms with van der Waals surface area (Å²) in [6, 6.07) is -0.956. The van der Waals surface area contributed by atoms with Crippen molar-refractivity contribution in [3.05, 3.63) is 53.8 Å². The number of amides is 2. The van der Waals surface area contributed by atoms with E-state index in [1.165, 1.54) is 13.0 Å². The van der Waals surface area contributed by atoms with Gasteiger partial charge in [-0.25, -0.2) is 9.78 Å². The fraction of sp³-hybridized carbons (Fsp3) is 0.538. The summed E-state index contributed by atoms with van der Waals surface area (Å²) in [6.45, 7) is 9.24. The molecule has 2 amide bonds. The number of allylic oxidation sites excluding steroid dienone is 2. The molecule has 2 heterocycles. The lowest BCUT2D eigenvalue weighted by Gasteiger charge is -2.27. The van der Waals surface area contributed by atoms with E-state index in [1.807, 2.05) is 20.8 Å². The number of aromatic nitrogens is 1. The first-order valence-electron chi connectivity index (χ1n) is 12.1. The van der Waals surface area contributed by atoms with Gasteiger partial charge in [0.15, 0.2) is 11.6 Å². The second-order valence-corrected chi connectivity index (χ2v) is 9.40. The molecule has 1 aliphatic heterocycles. The van der Waals surface area contributed by atoms with Gasteiger partial charge in [0.05, 0.1) is 18.6 Å². The molecule has 0 aromatic carbocycles. The van der Waals surface area contributed by atoms with E-state index in [4.69, 9.17) is 9.15 Å². The largest absolute Gasteiger partial charge is 0.460 e. The average molecular weight is 504 g/mol. The van der Waals surface area contributed by atoms with Crippen molar-refractivity contribution in [2.45, 2.75) is 71.8 Å². The molecule has 198 valence electrons. The first-order chi connectivity index (χ1) is 17.0. The van der Waals surface area contributed by atoms with E-state index in [2.05, 4.69) is 15.6 Å². The molecular formula is C26H37N3O7. The monoisotopic (exact) mass is 503 g/mol. The van der Waals surface area contributed by atoms with Gasteiger partial charge in [-0.2, -0.15) is 0 Å². The van der Waals surface area contributed by atoms with Gasteiger partial charge in [-0.1, -0.05) is 50.6 Å². The number of aliphatic hydroxyl groups excluding tert-OH is 2. The number of aliphatic hydroxyl groups is 2. The topological polar surface area (TPSA) is 151 Å². The molecule has 0 radical (unpaired) electrons. The molecule has 0 saturated carbocycles. The maximum atomic E-state index is 12.7. The van der Waals surface area contributed by atoms with Crippen molar-refractivity contribution in [2.75, 3.05) is 6.54 Å². The number of ether oxygens (including phenoxy) is 1. The third kappa shape index (κ3) is 9.43. The van der Waals surface area contributed by atoms with Crippen molar-refractivity contribution >= 4 is 17.8 Å². The van der Waals surface area contributed by atoms with Crippen molar-refractivity contribution in [3.63, 3.8) is 0 Å². The lowest BCUT2D eigenvalue weighted by molar-refractivity contribution is -0.155. The number of fused-ring (bicyclic) bond motifs is 2. The van der Waals surface area contributed by atoms with Crippen molar-refractivity contribution < 1.29 is 33.8 Å². The van der Waals surface area contributed by atoms with E-state index >= 15 is 0 Å². The fourth-order valence-corrected chi connectivity index (χ4v) is 3.73. The first kappa shape index (κ1) is 29.0. The van der Waals surface area contributed by atoms with Gasteiger partial charge in [0.25, 0.3) is 5.91 Å². The van der Waals surface area contributed by atoms with Crippen LogP contribution in [0.25, 0.3) is 0 Å². The summed E-state index contributed by atoms with van der Waals surface area (Å²) >= 11 is 0. The molecule has 1 aromatic rings. The molecule has 1 aliphatic rings. The second-order valence-electron chi connectivity index (χ2n) is 9.40. The zero-order chi connectivity index (χ0) is 26.8. The average Bonchev–Trinajstić information content (AvgIpc) is 3.25. The molecule has 1 aromatic heterocycles. The highest BCUT2D eigenvalue weighted by atomic mass is 16.5. The number of cyclic esters (lactones) is 1.